The smallest absolute Gasteiger partial charge is 0.409 e. The summed E-state index contributed by atoms with van der Waals surface area (Å²) in [6.07, 6.45) is -6.55. The Hall–Kier alpha value is -2.38. The number of amides is 2. The zero-order chi connectivity index (χ0) is 15.8. The van der Waals surface area contributed by atoms with E-state index in [1.54, 1.807) is 0 Å². The molecule has 112 valence electrons. The highest BCUT2D eigenvalue weighted by Gasteiger charge is 2.51. The third-order valence-electron chi connectivity index (χ3n) is 3.15. The van der Waals surface area contributed by atoms with Crippen molar-refractivity contribution in [2.75, 3.05) is 0 Å². The molecule has 1 aliphatic rings. The number of hydrogen-bond donors (Lipinski definition) is 1. The minimum atomic E-state index is -4.89. The Morgan fingerprint density at radius 3 is 2.00 bits per heavy atom. The summed E-state index contributed by atoms with van der Waals surface area (Å²) in [6, 6.07) is 2.96. The van der Waals surface area contributed by atoms with Gasteiger partial charge in [0.2, 0.25) is 0 Å². The van der Waals surface area contributed by atoms with Crippen LogP contribution in [0.5, 0.6) is 0 Å². The molecule has 0 aliphatic carbocycles. The van der Waals surface area contributed by atoms with Gasteiger partial charge in [-0.2, -0.15) is 13.2 Å². The number of carboxylic acids is 1. The molecule has 5 nitrogen and oxygen atoms in total. The molecule has 0 radical (unpaired) electrons. The molecule has 8 heteroatoms. The van der Waals surface area contributed by atoms with Crippen LogP contribution in [0.3, 0.4) is 0 Å². The van der Waals surface area contributed by atoms with Crippen LogP contribution in [0.25, 0.3) is 0 Å². The van der Waals surface area contributed by atoms with Crippen LogP contribution >= 0.6 is 0 Å². The van der Waals surface area contributed by atoms with Crippen molar-refractivity contribution in [1.29, 1.82) is 0 Å². The van der Waals surface area contributed by atoms with Crippen LogP contribution in [0.2, 0.25) is 0 Å². The number of aliphatic carboxylic acids is 1. The number of fused-ring (bicyclic) bond motifs is 1. The normalized spacial score (nSPS) is 16.0. The van der Waals surface area contributed by atoms with Crippen LogP contribution in [-0.2, 0) is 4.79 Å². The van der Waals surface area contributed by atoms with Gasteiger partial charge in [-0.15, -0.1) is 0 Å². The van der Waals surface area contributed by atoms with Gasteiger partial charge in [-0.25, -0.2) is 0 Å². The minimum absolute atomic E-state index is 0.105. The molecule has 1 atom stereocenters. The first-order chi connectivity index (χ1) is 9.73. The van der Waals surface area contributed by atoms with E-state index in [1.807, 2.05) is 0 Å². The van der Waals surface area contributed by atoms with Crippen molar-refractivity contribution in [3.63, 3.8) is 0 Å². The second-order valence-electron chi connectivity index (χ2n) is 4.52. The van der Waals surface area contributed by atoms with Gasteiger partial charge < -0.3 is 5.11 Å². The summed E-state index contributed by atoms with van der Waals surface area (Å²) in [7, 11) is 0. The highest BCUT2D eigenvalue weighted by Crippen LogP contribution is 2.34. The van der Waals surface area contributed by atoms with E-state index in [2.05, 4.69) is 0 Å². The predicted octanol–water partition coefficient (Wildman–Crippen LogP) is 2.08. The molecule has 1 N–H and O–H groups in total. The second kappa shape index (κ2) is 5.19. The van der Waals surface area contributed by atoms with E-state index in [4.69, 9.17) is 5.11 Å². The summed E-state index contributed by atoms with van der Waals surface area (Å²) in [4.78, 5) is 34.6. The number of rotatable bonds is 4. The Bertz CT molecular complexity index is 577. The van der Waals surface area contributed by atoms with Crippen LogP contribution in [0.15, 0.2) is 24.3 Å². The van der Waals surface area contributed by atoms with Crippen LogP contribution in [0.4, 0.5) is 13.2 Å². The molecule has 1 unspecified atom stereocenters. The summed E-state index contributed by atoms with van der Waals surface area (Å²) in [6.45, 7) is 0. The molecule has 0 spiro atoms. The fourth-order valence-electron chi connectivity index (χ4n) is 2.19. The van der Waals surface area contributed by atoms with Crippen molar-refractivity contribution in [1.82, 2.24) is 4.90 Å². The molecule has 0 saturated heterocycles. The molecular weight excluding hydrogens is 291 g/mol. The van der Waals surface area contributed by atoms with Gasteiger partial charge in [-0.1, -0.05) is 12.1 Å². The Kier molecular flexibility index (Phi) is 3.71. The molecule has 0 bridgehead atoms. The molecule has 1 aromatic carbocycles. The molecule has 2 amide bonds. The zero-order valence-corrected chi connectivity index (χ0v) is 10.6. The summed E-state index contributed by atoms with van der Waals surface area (Å²) >= 11 is 0. The number of carbonyl (C=O) groups excluding carboxylic acids is 2. The number of nitrogens with zero attached hydrogens (tertiary/aromatic N) is 1. The van der Waals surface area contributed by atoms with Crippen LogP contribution in [0.1, 0.15) is 33.6 Å². The Morgan fingerprint density at radius 1 is 1.14 bits per heavy atom. The highest BCUT2D eigenvalue weighted by molar-refractivity contribution is 6.21. The Labute approximate surface area is 117 Å². The topological polar surface area (TPSA) is 74.7 Å². The van der Waals surface area contributed by atoms with E-state index < -0.39 is 42.8 Å². The van der Waals surface area contributed by atoms with E-state index in [0.717, 1.165) is 0 Å². The SMILES string of the molecule is O=C(O)CCC(N1C(=O)c2ccccc2C1=O)C(F)(F)F. The lowest BCUT2D eigenvalue weighted by atomic mass is 10.1. The van der Waals surface area contributed by atoms with Gasteiger partial charge in [0.25, 0.3) is 11.8 Å². The number of hydrogen-bond acceptors (Lipinski definition) is 3. The monoisotopic (exact) mass is 301 g/mol. The number of halogens is 3. The lowest BCUT2D eigenvalue weighted by Crippen LogP contribution is -2.48. The number of carbonyl (C=O) groups is 3. The molecule has 1 aromatic rings. The molecule has 0 saturated carbocycles. The molecule has 0 aromatic heterocycles. The van der Waals surface area contributed by atoms with Crippen molar-refractivity contribution in [3.8, 4) is 0 Å². The van der Waals surface area contributed by atoms with E-state index in [9.17, 15) is 27.6 Å². The number of alkyl halides is 3. The maximum atomic E-state index is 13.1. The maximum absolute atomic E-state index is 13.1. The highest BCUT2D eigenvalue weighted by atomic mass is 19.4. The van der Waals surface area contributed by atoms with Crippen molar-refractivity contribution >= 4 is 17.8 Å². The van der Waals surface area contributed by atoms with Gasteiger partial charge in [0.1, 0.15) is 6.04 Å². The largest absolute Gasteiger partial charge is 0.481 e. The van der Waals surface area contributed by atoms with Gasteiger partial charge in [0.05, 0.1) is 11.1 Å². The average molecular weight is 301 g/mol. The number of benzene rings is 1. The van der Waals surface area contributed by atoms with Crippen LogP contribution in [-0.4, -0.2) is 40.0 Å². The Balaban J connectivity index is 2.36. The fourth-order valence-corrected chi connectivity index (χ4v) is 2.19. The van der Waals surface area contributed by atoms with Crippen LogP contribution < -0.4 is 0 Å². The van der Waals surface area contributed by atoms with Gasteiger partial charge in [-0.3, -0.25) is 19.3 Å². The zero-order valence-electron chi connectivity index (χ0n) is 10.6. The third kappa shape index (κ3) is 2.74. The molecule has 1 aliphatic heterocycles. The van der Waals surface area contributed by atoms with Crippen molar-refractivity contribution in [2.45, 2.75) is 25.1 Å². The number of imide groups is 1. The van der Waals surface area contributed by atoms with Crippen molar-refractivity contribution < 1.29 is 32.7 Å². The van der Waals surface area contributed by atoms with Gasteiger partial charge in [0, 0.05) is 6.42 Å². The molecule has 21 heavy (non-hydrogen) atoms. The van der Waals surface area contributed by atoms with Crippen molar-refractivity contribution in [2.24, 2.45) is 0 Å². The van der Waals surface area contributed by atoms with Gasteiger partial charge in [0.15, 0.2) is 0 Å². The first-order valence-electron chi connectivity index (χ1n) is 5.99. The minimum Gasteiger partial charge on any atom is -0.481 e. The van der Waals surface area contributed by atoms with Gasteiger partial charge in [-0.05, 0) is 18.6 Å². The predicted molar refractivity (Wildman–Crippen MR) is 63.7 cm³/mol. The molecule has 2 rings (SSSR count). The summed E-state index contributed by atoms with van der Waals surface area (Å²) in [5, 5.41) is 8.52. The summed E-state index contributed by atoms with van der Waals surface area (Å²) in [5.74, 6) is -3.53. The standard InChI is InChI=1S/C13H10F3NO4/c14-13(15,16)9(5-6-10(18)19)17-11(20)7-3-1-2-4-8(7)12(17)21/h1-4,9H,5-6H2,(H,18,19). The fraction of sp³-hybridized carbons (Fsp3) is 0.308. The van der Waals surface area contributed by atoms with E-state index in [0.29, 0.717) is 0 Å². The summed E-state index contributed by atoms with van der Waals surface area (Å²) in [5.41, 5.74) is -0.209. The summed E-state index contributed by atoms with van der Waals surface area (Å²) < 4.78 is 39.2. The Morgan fingerprint density at radius 2 is 1.62 bits per heavy atom. The van der Waals surface area contributed by atoms with E-state index in [1.165, 1.54) is 24.3 Å². The lowest BCUT2D eigenvalue weighted by Gasteiger charge is -2.27. The third-order valence-corrected chi connectivity index (χ3v) is 3.15. The van der Waals surface area contributed by atoms with Crippen LogP contribution in [0, 0.1) is 0 Å². The molecular formula is C13H10F3NO4. The number of carboxylic acid groups (broad SMARTS) is 1. The van der Waals surface area contributed by atoms with Crippen molar-refractivity contribution in [3.05, 3.63) is 35.4 Å². The van der Waals surface area contributed by atoms with Gasteiger partial charge >= 0.3 is 12.1 Å². The quantitative estimate of drug-likeness (QED) is 0.864. The molecule has 1 heterocycles. The maximum Gasteiger partial charge on any atom is 0.409 e. The molecule has 0 fully saturated rings. The lowest BCUT2D eigenvalue weighted by molar-refractivity contribution is -0.173. The second-order valence-corrected chi connectivity index (χ2v) is 4.52. The average Bonchev–Trinajstić information content (AvgIpc) is 2.63. The van der Waals surface area contributed by atoms with E-state index >= 15 is 0 Å². The first kappa shape index (κ1) is 15.0. The van der Waals surface area contributed by atoms with E-state index in [-0.39, 0.29) is 16.0 Å². The first-order valence-corrected chi connectivity index (χ1v) is 5.99.